The molecule has 1 aromatic rings. The zero-order valence-corrected chi connectivity index (χ0v) is 14.0. The second-order valence-corrected chi connectivity index (χ2v) is 6.57. The smallest absolute Gasteiger partial charge is 0.179 e. The van der Waals surface area contributed by atoms with Crippen LogP contribution in [-0.4, -0.2) is 44.3 Å². The van der Waals surface area contributed by atoms with E-state index in [0.29, 0.717) is 16.9 Å². The van der Waals surface area contributed by atoms with Gasteiger partial charge in [0, 0.05) is 32.7 Å². The van der Waals surface area contributed by atoms with Crippen LogP contribution in [-0.2, 0) is 6.54 Å². The summed E-state index contributed by atoms with van der Waals surface area (Å²) in [7, 11) is 1.65. The Bertz CT molecular complexity index is 498. The zero-order valence-electron chi connectivity index (χ0n) is 13.2. The molecule has 0 atom stereocenters. The van der Waals surface area contributed by atoms with Gasteiger partial charge in [-0.1, -0.05) is 11.6 Å². The fourth-order valence-corrected chi connectivity index (χ4v) is 3.62. The molecule has 1 heterocycles. The van der Waals surface area contributed by atoms with E-state index in [1.54, 1.807) is 7.11 Å². The molecule has 3 rings (SSSR count). The number of nitrogens with zero attached hydrogens (tertiary/aromatic N) is 1. The molecule has 1 aliphatic carbocycles. The van der Waals surface area contributed by atoms with Gasteiger partial charge in [-0.25, -0.2) is 0 Å². The predicted octanol–water partition coefficient (Wildman–Crippen LogP) is 3.08. The number of halogens is 1. The molecule has 0 bridgehead atoms. The summed E-state index contributed by atoms with van der Waals surface area (Å²) in [4.78, 5) is 2.44. The molecule has 1 aliphatic heterocycles. The first kappa shape index (κ1) is 15.9. The molecule has 0 spiro atoms. The highest BCUT2D eigenvalue weighted by molar-refractivity contribution is 6.32. The normalized spacial score (nSPS) is 20.3. The number of benzene rings is 1. The number of piperazine rings is 1. The zero-order chi connectivity index (χ0) is 15.4. The molecule has 0 radical (unpaired) electrons. The van der Waals surface area contributed by atoms with E-state index in [1.165, 1.54) is 18.4 Å². The quantitative estimate of drug-likeness (QED) is 0.902. The number of rotatable bonds is 5. The average molecular weight is 325 g/mol. The maximum atomic E-state index is 6.40. The predicted molar refractivity (Wildman–Crippen MR) is 89.0 cm³/mol. The van der Waals surface area contributed by atoms with Crippen molar-refractivity contribution in [2.24, 2.45) is 0 Å². The standard InChI is InChI=1S/C17H25ClN2O2/c1-21-17-15(18)10-13(12-20-8-6-19-7-9-20)11-16(17)22-14-4-2-3-5-14/h10-11,14,19H,2-9,12H2,1H3. The van der Waals surface area contributed by atoms with E-state index >= 15 is 0 Å². The van der Waals surface area contributed by atoms with Gasteiger partial charge in [0.15, 0.2) is 11.5 Å². The molecule has 2 fully saturated rings. The Balaban J connectivity index is 1.76. The minimum Gasteiger partial charge on any atom is -0.491 e. The van der Waals surface area contributed by atoms with Crippen molar-refractivity contribution in [2.75, 3.05) is 33.3 Å². The Hall–Kier alpha value is -0.970. The summed E-state index contributed by atoms with van der Waals surface area (Å²) < 4.78 is 11.6. The van der Waals surface area contributed by atoms with Gasteiger partial charge < -0.3 is 14.8 Å². The topological polar surface area (TPSA) is 33.7 Å². The molecule has 122 valence electrons. The maximum absolute atomic E-state index is 6.40. The second kappa shape index (κ2) is 7.53. The van der Waals surface area contributed by atoms with Crippen LogP contribution < -0.4 is 14.8 Å². The fraction of sp³-hybridized carbons (Fsp3) is 0.647. The van der Waals surface area contributed by atoms with Crippen molar-refractivity contribution in [3.63, 3.8) is 0 Å². The Kier molecular flexibility index (Phi) is 5.45. The Labute approximate surface area is 137 Å². The van der Waals surface area contributed by atoms with E-state index in [1.807, 2.05) is 6.07 Å². The third-order valence-corrected chi connectivity index (χ3v) is 4.77. The van der Waals surface area contributed by atoms with Crippen molar-refractivity contribution in [3.8, 4) is 11.5 Å². The molecule has 1 saturated carbocycles. The lowest BCUT2D eigenvalue weighted by Gasteiger charge is -2.27. The van der Waals surface area contributed by atoms with Crippen molar-refractivity contribution < 1.29 is 9.47 Å². The highest BCUT2D eigenvalue weighted by Crippen LogP contribution is 2.38. The molecule has 0 unspecified atom stereocenters. The lowest BCUT2D eigenvalue weighted by molar-refractivity contribution is 0.199. The van der Waals surface area contributed by atoms with Gasteiger partial charge in [-0.05, 0) is 43.4 Å². The molecule has 0 amide bonds. The number of ether oxygens (including phenoxy) is 2. The minimum atomic E-state index is 0.305. The van der Waals surface area contributed by atoms with Gasteiger partial charge in [0.2, 0.25) is 0 Å². The van der Waals surface area contributed by atoms with Crippen molar-refractivity contribution >= 4 is 11.6 Å². The van der Waals surface area contributed by atoms with Gasteiger partial charge in [0.25, 0.3) is 0 Å². The lowest BCUT2D eigenvalue weighted by atomic mass is 10.1. The number of methoxy groups -OCH3 is 1. The van der Waals surface area contributed by atoms with E-state index < -0.39 is 0 Å². The summed E-state index contributed by atoms with van der Waals surface area (Å²) in [5.74, 6) is 1.46. The number of nitrogens with one attached hydrogen (secondary N) is 1. The van der Waals surface area contributed by atoms with Crippen LogP contribution in [0.1, 0.15) is 31.2 Å². The molecule has 0 aromatic heterocycles. The first-order valence-corrected chi connectivity index (χ1v) is 8.60. The monoisotopic (exact) mass is 324 g/mol. The van der Waals surface area contributed by atoms with E-state index in [0.717, 1.165) is 51.3 Å². The van der Waals surface area contributed by atoms with E-state index in [-0.39, 0.29) is 0 Å². The van der Waals surface area contributed by atoms with Gasteiger partial charge in [-0.15, -0.1) is 0 Å². The molecule has 1 aromatic carbocycles. The van der Waals surface area contributed by atoms with Crippen LogP contribution in [0, 0.1) is 0 Å². The summed E-state index contributed by atoms with van der Waals surface area (Å²) in [6, 6.07) is 4.11. The maximum Gasteiger partial charge on any atom is 0.179 e. The van der Waals surface area contributed by atoms with E-state index in [4.69, 9.17) is 21.1 Å². The highest BCUT2D eigenvalue weighted by atomic mass is 35.5. The van der Waals surface area contributed by atoms with Gasteiger partial charge in [0.1, 0.15) is 0 Å². The Morgan fingerprint density at radius 1 is 1.23 bits per heavy atom. The van der Waals surface area contributed by atoms with Crippen molar-refractivity contribution in [1.82, 2.24) is 10.2 Å². The molecule has 4 nitrogen and oxygen atoms in total. The van der Waals surface area contributed by atoms with Gasteiger partial charge >= 0.3 is 0 Å². The third-order valence-electron chi connectivity index (χ3n) is 4.49. The van der Waals surface area contributed by atoms with Gasteiger partial charge in [0.05, 0.1) is 18.2 Å². The molecular weight excluding hydrogens is 300 g/mol. The first-order chi connectivity index (χ1) is 10.8. The van der Waals surface area contributed by atoms with Crippen molar-refractivity contribution in [3.05, 3.63) is 22.7 Å². The van der Waals surface area contributed by atoms with Crippen LogP contribution in [0.4, 0.5) is 0 Å². The molecular formula is C17H25ClN2O2. The summed E-state index contributed by atoms with van der Waals surface area (Å²) in [5, 5.41) is 4.02. The van der Waals surface area contributed by atoms with Crippen LogP contribution in [0.25, 0.3) is 0 Å². The van der Waals surface area contributed by atoms with Gasteiger partial charge in [-0.3, -0.25) is 4.90 Å². The number of hydrogen-bond acceptors (Lipinski definition) is 4. The minimum absolute atomic E-state index is 0.305. The van der Waals surface area contributed by atoms with E-state index in [9.17, 15) is 0 Å². The lowest BCUT2D eigenvalue weighted by Crippen LogP contribution is -2.42. The molecule has 1 N–H and O–H groups in total. The number of hydrogen-bond donors (Lipinski definition) is 1. The Morgan fingerprint density at radius 2 is 1.95 bits per heavy atom. The van der Waals surface area contributed by atoms with Crippen LogP contribution in [0.2, 0.25) is 5.02 Å². The van der Waals surface area contributed by atoms with Crippen molar-refractivity contribution in [1.29, 1.82) is 0 Å². The van der Waals surface area contributed by atoms with E-state index in [2.05, 4.69) is 16.3 Å². The Morgan fingerprint density at radius 3 is 2.64 bits per heavy atom. The molecule has 5 heteroatoms. The third kappa shape index (κ3) is 3.86. The van der Waals surface area contributed by atoms with Crippen LogP contribution in [0.15, 0.2) is 12.1 Å². The van der Waals surface area contributed by atoms with Crippen LogP contribution >= 0.6 is 11.6 Å². The summed E-state index contributed by atoms with van der Waals surface area (Å²) in [6.45, 7) is 5.15. The molecule has 2 aliphatic rings. The highest BCUT2D eigenvalue weighted by Gasteiger charge is 2.21. The molecule has 1 saturated heterocycles. The SMILES string of the molecule is COc1c(Cl)cc(CN2CCNCC2)cc1OC1CCCC1. The first-order valence-electron chi connectivity index (χ1n) is 8.22. The molecule has 22 heavy (non-hydrogen) atoms. The second-order valence-electron chi connectivity index (χ2n) is 6.16. The average Bonchev–Trinajstić information content (AvgIpc) is 3.01. The van der Waals surface area contributed by atoms with Crippen LogP contribution in [0.3, 0.4) is 0 Å². The summed E-state index contributed by atoms with van der Waals surface area (Å²) in [6.07, 6.45) is 5.06. The summed E-state index contributed by atoms with van der Waals surface area (Å²) in [5.41, 5.74) is 1.20. The fourth-order valence-electron chi connectivity index (χ4n) is 3.31. The van der Waals surface area contributed by atoms with Crippen LogP contribution in [0.5, 0.6) is 11.5 Å². The van der Waals surface area contributed by atoms with Gasteiger partial charge in [-0.2, -0.15) is 0 Å². The largest absolute Gasteiger partial charge is 0.491 e. The van der Waals surface area contributed by atoms with Crippen molar-refractivity contribution in [2.45, 2.75) is 38.3 Å². The summed E-state index contributed by atoms with van der Waals surface area (Å²) >= 11 is 6.40.